The highest BCUT2D eigenvalue weighted by molar-refractivity contribution is 5.80. The summed E-state index contributed by atoms with van der Waals surface area (Å²) in [5.74, 6) is 2.03. The maximum Gasteiger partial charge on any atom is 0.221 e. The summed E-state index contributed by atoms with van der Waals surface area (Å²) in [5, 5.41) is 4.36. The standard InChI is InChI=1S/C21H24N4O2/c1-14-6-5-7-15(2)20(14)27-13-18-10-17(8-9-19(18)26-4)11-23-25-12-16(3)24-21(25)22/h5-12H,13H2,1-4H3,(H2,22,24). The summed E-state index contributed by atoms with van der Waals surface area (Å²) in [4.78, 5) is 4.13. The van der Waals surface area contributed by atoms with Gasteiger partial charge in [0.15, 0.2) is 0 Å². The van der Waals surface area contributed by atoms with Gasteiger partial charge >= 0.3 is 0 Å². The highest BCUT2D eigenvalue weighted by Crippen LogP contribution is 2.26. The number of aryl methyl sites for hydroxylation is 3. The molecule has 0 aliphatic carbocycles. The molecule has 1 aromatic heterocycles. The fourth-order valence-electron chi connectivity index (χ4n) is 2.89. The monoisotopic (exact) mass is 364 g/mol. The maximum atomic E-state index is 6.08. The molecule has 140 valence electrons. The summed E-state index contributed by atoms with van der Waals surface area (Å²) in [7, 11) is 1.65. The molecule has 0 fully saturated rings. The molecule has 0 aliphatic rings. The van der Waals surface area contributed by atoms with Crippen molar-refractivity contribution < 1.29 is 9.47 Å². The Morgan fingerprint density at radius 2 is 1.89 bits per heavy atom. The number of benzene rings is 2. The van der Waals surface area contributed by atoms with E-state index in [0.717, 1.165) is 39.4 Å². The van der Waals surface area contributed by atoms with Gasteiger partial charge in [0.25, 0.3) is 0 Å². The Labute approximate surface area is 159 Å². The summed E-state index contributed by atoms with van der Waals surface area (Å²) in [6, 6.07) is 12.0. The Morgan fingerprint density at radius 3 is 2.52 bits per heavy atom. The number of ether oxygens (including phenoxy) is 2. The number of anilines is 1. The second kappa shape index (κ2) is 7.95. The third-order valence-electron chi connectivity index (χ3n) is 4.25. The molecule has 0 radical (unpaired) electrons. The number of hydrogen-bond acceptors (Lipinski definition) is 5. The lowest BCUT2D eigenvalue weighted by atomic mass is 10.1. The second-order valence-corrected chi connectivity index (χ2v) is 6.41. The molecule has 6 heteroatoms. The zero-order valence-corrected chi connectivity index (χ0v) is 16.1. The molecule has 0 bridgehead atoms. The Morgan fingerprint density at radius 1 is 1.15 bits per heavy atom. The van der Waals surface area contributed by atoms with Gasteiger partial charge in [-0.1, -0.05) is 18.2 Å². The quantitative estimate of drug-likeness (QED) is 0.674. The molecule has 0 amide bonds. The van der Waals surface area contributed by atoms with Crippen LogP contribution in [0.4, 0.5) is 5.95 Å². The Kier molecular flexibility index (Phi) is 5.45. The zero-order chi connectivity index (χ0) is 19.4. The van der Waals surface area contributed by atoms with Crippen molar-refractivity contribution in [1.82, 2.24) is 9.66 Å². The highest BCUT2D eigenvalue weighted by Gasteiger charge is 2.08. The fourth-order valence-corrected chi connectivity index (χ4v) is 2.89. The van der Waals surface area contributed by atoms with Gasteiger partial charge in [-0.05, 0) is 55.7 Å². The van der Waals surface area contributed by atoms with Gasteiger partial charge in [-0.3, -0.25) is 0 Å². The van der Waals surface area contributed by atoms with Crippen molar-refractivity contribution in [2.45, 2.75) is 27.4 Å². The van der Waals surface area contributed by atoms with Crippen LogP contribution in [0, 0.1) is 20.8 Å². The molecule has 0 atom stereocenters. The van der Waals surface area contributed by atoms with Gasteiger partial charge in [-0.2, -0.15) is 5.10 Å². The number of nitrogens with two attached hydrogens (primary N) is 1. The van der Waals surface area contributed by atoms with Gasteiger partial charge in [0.1, 0.15) is 18.1 Å². The van der Waals surface area contributed by atoms with Crippen LogP contribution in [-0.2, 0) is 6.61 Å². The first kappa shape index (κ1) is 18.5. The van der Waals surface area contributed by atoms with Crippen LogP contribution >= 0.6 is 0 Å². The van der Waals surface area contributed by atoms with Crippen molar-refractivity contribution in [2.24, 2.45) is 5.10 Å². The number of methoxy groups -OCH3 is 1. The predicted molar refractivity (Wildman–Crippen MR) is 108 cm³/mol. The van der Waals surface area contributed by atoms with E-state index in [1.807, 2.05) is 57.2 Å². The van der Waals surface area contributed by atoms with Crippen molar-refractivity contribution >= 4 is 12.2 Å². The van der Waals surface area contributed by atoms with E-state index >= 15 is 0 Å². The van der Waals surface area contributed by atoms with E-state index in [0.29, 0.717) is 12.6 Å². The molecule has 0 aliphatic heterocycles. The van der Waals surface area contributed by atoms with Crippen LogP contribution in [-0.4, -0.2) is 23.0 Å². The minimum atomic E-state index is 0.357. The number of nitrogen functional groups attached to an aromatic ring is 1. The van der Waals surface area contributed by atoms with Crippen LogP contribution in [0.3, 0.4) is 0 Å². The van der Waals surface area contributed by atoms with Crippen LogP contribution in [0.25, 0.3) is 0 Å². The zero-order valence-electron chi connectivity index (χ0n) is 16.1. The minimum Gasteiger partial charge on any atom is -0.496 e. The van der Waals surface area contributed by atoms with E-state index in [2.05, 4.69) is 10.1 Å². The smallest absolute Gasteiger partial charge is 0.221 e. The number of nitrogens with zero attached hydrogens (tertiary/aromatic N) is 3. The molecule has 6 nitrogen and oxygen atoms in total. The summed E-state index contributed by atoms with van der Waals surface area (Å²) in [5.41, 5.74) is 10.7. The normalized spacial score (nSPS) is 11.1. The number of aromatic nitrogens is 2. The predicted octanol–water partition coefficient (Wildman–Crippen LogP) is 3.86. The van der Waals surface area contributed by atoms with Gasteiger partial charge in [0.2, 0.25) is 5.95 Å². The number of hydrogen-bond donors (Lipinski definition) is 1. The fraction of sp³-hybridized carbons (Fsp3) is 0.238. The van der Waals surface area contributed by atoms with E-state index in [9.17, 15) is 0 Å². The van der Waals surface area contributed by atoms with Crippen molar-refractivity contribution in [3.8, 4) is 11.5 Å². The number of imidazole rings is 1. The molecule has 2 aromatic carbocycles. The second-order valence-electron chi connectivity index (χ2n) is 6.41. The summed E-state index contributed by atoms with van der Waals surface area (Å²) >= 11 is 0. The molecule has 0 saturated carbocycles. The van der Waals surface area contributed by atoms with Crippen LogP contribution in [0.1, 0.15) is 27.9 Å². The lowest BCUT2D eigenvalue weighted by Crippen LogP contribution is -2.02. The first-order chi connectivity index (χ1) is 13.0. The minimum absolute atomic E-state index is 0.357. The molecular formula is C21H24N4O2. The lowest BCUT2D eigenvalue weighted by molar-refractivity contribution is 0.293. The summed E-state index contributed by atoms with van der Waals surface area (Å²) in [6.45, 7) is 6.36. The lowest BCUT2D eigenvalue weighted by Gasteiger charge is -2.14. The van der Waals surface area contributed by atoms with Gasteiger partial charge < -0.3 is 15.2 Å². The van der Waals surface area contributed by atoms with Crippen molar-refractivity contribution in [3.63, 3.8) is 0 Å². The van der Waals surface area contributed by atoms with Crippen LogP contribution in [0.2, 0.25) is 0 Å². The first-order valence-corrected chi connectivity index (χ1v) is 8.69. The molecule has 2 N–H and O–H groups in total. The number of rotatable bonds is 6. The molecule has 3 aromatic rings. The molecular weight excluding hydrogens is 340 g/mol. The topological polar surface area (TPSA) is 74.7 Å². The third kappa shape index (κ3) is 4.28. The van der Waals surface area contributed by atoms with Gasteiger partial charge in [0.05, 0.1) is 25.2 Å². The average molecular weight is 364 g/mol. The highest BCUT2D eigenvalue weighted by atomic mass is 16.5. The average Bonchev–Trinajstić information content (AvgIpc) is 2.97. The van der Waals surface area contributed by atoms with E-state index in [1.165, 1.54) is 0 Å². The van der Waals surface area contributed by atoms with Crippen molar-refractivity contribution in [1.29, 1.82) is 0 Å². The Hall–Kier alpha value is -3.28. The molecule has 0 saturated heterocycles. The van der Waals surface area contributed by atoms with E-state index in [-0.39, 0.29) is 0 Å². The van der Waals surface area contributed by atoms with Crippen LogP contribution < -0.4 is 15.2 Å². The molecule has 1 heterocycles. The molecule has 27 heavy (non-hydrogen) atoms. The Balaban J connectivity index is 1.82. The van der Waals surface area contributed by atoms with Gasteiger partial charge in [-0.15, -0.1) is 0 Å². The van der Waals surface area contributed by atoms with Gasteiger partial charge in [0, 0.05) is 5.56 Å². The van der Waals surface area contributed by atoms with E-state index < -0.39 is 0 Å². The SMILES string of the molecule is COc1ccc(C=Nn2cc(C)nc2N)cc1COc1c(C)cccc1C. The summed E-state index contributed by atoms with van der Waals surface area (Å²) in [6.07, 6.45) is 3.51. The third-order valence-corrected chi connectivity index (χ3v) is 4.25. The number of para-hydroxylation sites is 1. The first-order valence-electron chi connectivity index (χ1n) is 8.69. The van der Waals surface area contributed by atoms with Crippen LogP contribution in [0.5, 0.6) is 11.5 Å². The van der Waals surface area contributed by atoms with E-state index in [1.54, 1.807) is 24.2 Å². The summed E-state index contributed by atoms with van der Waals surface area (Å²) < 4.78 is 13.1. The van der Waals surface area contributed by atoms with Crippen molar-refractivity contribution in [3.05, 3.63) is 70.5 Å². The molecule has 0 spiro atoms. The molecule has 3 rings (SSSR count). The largest absolute Gasteiger partial charge is 0.496 e. The van der Waals surface area contributed by atoms with Crippen molar-refractivity contribution in [2.75, 3.05) is 12.8 Å². The van der Waals surface area contributed by atoms with Crippen LogP contribution in [0.15, 0.2) is 47.7 Å². The van der Waals surface area contributed by atoms with Gasteiger partial charge in [-0.25, -0.2) is 9.66 Å². The Bertz CT molecular complexity index is 956. The maximum absolute atomic E-state index is 6.08. The molecule has 0 unspecified atom stereocenters. The van der Waals surface area contributed by atoms with E-state index in [4.69, 9.17) is 15.2 Å².